The molecule has 1 rings (SSSR count). The summed E-state index contributed by atoms with van der Waals surface area (Å²) in [6.45, 7) is 3.77. The van der Waals surface area contributed by atoms with E-state index in [2.05, 4.69) is 10.0 Å². The number of anilines is 1. The maximum absolute atomic E-state index is 12.3. The van der Waals surface area contributed by atoms with Crippen LogP contribution in [0.25, 0.3) is 0 Å². The van der Waals surface area contributed by atoms with Crippen LogP contribution < -0.4 is 15.8 Å². The number of carbonyl (C=O) groups excluding carboxylic acids is 1. The van der Waals surface area contributed by atoms with E-state index < -0.39 is 22.0 Å². The third-order valence-corrected chi connectivity index (χ3v) is 4.63. The van der Waals surface area contributed by atoms with E-state index in [0.29, 0.717) is 24.4 Å². The Labute approximate surface area is 124 Å². The van der Waals surface area contributed by atoms with E-state index in [1.54, 1.807) is 19.1 Å². The van der Waals surface area contributed by atoms with Gasteiger partial charge in [0.15, 0.2) is 0 Å². The third kappa shape index (κ3) is 4.69. The molecule has 0 heterocycles. The van der Waals surface area contributed by atoms with Crippen LogP contribution >= 0.6 is 0 Å². The summed E-state index contributed by atoms with van der Waals surface area (Å²) in [6, 6.07) is 3.73. The number of methoxy groups -OCH3 is 1. The van der Waals surface area contributed by atoms with Crippen LogP contribution in [0.1, 0.15) is 12.5 Å². The molecule has 0 aliphatic heterocycles. The van der Waals surface area contributed by atoms with Crippen molar-refractivity contribution < 1.29 is 17.9 Å². The lowest BCUT2D eigenvalue weighted by Crippen LogP contribution is -2.45. The van der Waals surface area contributed by atoms with E-state index in [9.17, 15) is 13.2 Å². The number of ether oxygens (including phenoxy) is 1. The zero-order valence-corrected chi connectivity index (χ0v) is 13.2. The second-order valence-electron chi connectivity index (χ2n) is 4.60. The Bertz CT molecular complexity index is 601. The molecule has 1 atom stereocenters. The Hall–Kier alpha value is -1.64. The molecule has 0 aromatic heterocycles. The summed E-state index contributed by atoms with van der Waals surface area (Å²) in [7, 11) is -2.30. The van der Waals surface area contributed by atoms with Gasteiger partial charge >= 0.3 is 0 Å². The largest absolute Gasteiger partial charge is 0.398 e. The molecule has 0 saturated carbocycles. The predicted octanol–water partition coefficient (Wildman–Crippen LogP) is 0.00662. The summed E-state index contributed by atoms with van der Waals surface area (Å²) in [5, 5.41) is 2.57. The molecular weight excluding hydrogens is 294 g/mol. The van der Waals surface area contributed by atoms with Crippen molar-refractivity contribution in [2.24, 2.45) is 0 Å². The van der Waals surface area contributed by atoms with Crippen LogP contribution in [0.5, 0.6) is 0 Å². The summed E-state index contributed by atoms with van der Waals surface area (Å²) in [5.74, 6) is -0.419. The zero-order valence-electron chi connectivity index (χ0n) is 12.3. The molecule has 7 nitrogen and oxygen atoms in total. The second kappa shape index (κ2) is 7.39. The van der Waals surface area contributed by atoms with Gasteiger partial charge in [0.25, 0.3) is 0 Å². The normalized spacial score (nSPS) is 12.9. The molecule has 0 saturated heterocycles. The highest BCUT2D eigenvalue weighted by molar-refractivity contribution is 7.89. The van der Waals surface area contributed by atoms with E-state index in [1.807, 2.05) is 0 Å². The highest BCUT2D eigenvalue weighted by Crippen LogP contribution is 2.20. The smallest absolute Gasteiger partial charge is 0.241 e. The third-order valence-electron chi connectivity index (χ3n) is 2.95. The van der Waals surface area contributed by atoms with Gasteiger partial charge in [0, 0.05) is 19.3 Å². The summed E-state index contributed by atoms with van der Waals surface area (Å²) in [5.41, 5.74) is 6.54. The van der Waals surface area contributed by atoms with Gasteiger partial charge in [-0.3, -0.25) is 4.79 Å². The number of nitrogen functional groups attached to an aromatic ring is 1. The lowest BCUT2D eigenvalue weighted by Gasteiger charge is -2.16. The molecule has 0 fully saturated rings. The first-order chi connectivity index (χ1) is 9.79. The Morgan fingerprint density at radius 3 is 2.71 bits per heavy atom. The zero-order chi connectivity index (χ0) is 16.0. The molecule has 8 heteroatoms. The van der Waals surface area contributed by atoms with Crippen molar-refractivity contribution in [1.29, 1.82) is 0 Å². The van der Waals surface area contributed by atoms with E-state index in [4.69, 9.17) is 10.5 Å². The van der Waals surface area contributed by atoms with Gasteiger partial charge in [-0.1, -0.05) is 6.07 Å². The number of nitrogens with one attached hydrogen (secondary N) is 2. The lowest BCUT2D eigenvalue weighted by atomic mass is 10.2. The van der Waals surface area contributed by atoms with E-state index in [1.165, 1.54) is 20.1 Å². The molecule has 0 aliphatic carbocycles. The molecule has 0 bridgehead atoms. The topological polar surface area (TPSA) is 111 Å². The Balaban J connectivity index is 2.80. The van der Waals surface area contributed by atoms with Crippen molar-refractivity contribution in [2.45, 2.75) is 24.8 Å². The maximum atomic E-state index is 12.3. The molecule has 0 radical (unpaired) electrons. The minimum absolute atomic E-state index is 0.0686. The van der Waals surface area contributed by atoms with E-state index in [-0.39, 0.29) is 4.90 Å². The van der Waals surface area contributed by atoms with E-state index >= 15 is 0 Å². The molecule has 1 aromatic carbocycles. The monoisotopic (exact) mass is 315 g/mol. The summed E-state index contributed by atoms with van der Waals surface area (Å²) in [6.07, 6.45) is 0. The minimum atomic E-state index is -3.81. The fourth-order valence-corrected chi connectivity index (χ4v) is 3.18. The molecule has 4 N–H and O–H groups in total. The average Bonchev–Trinajstić information content (AvgIpc) is 2.41. The van der Waals surface area contributed by atoms with E-state index in [0.717, 1.165) is 0 Å². The minimum Gasteiger partial charge on any atom is -0.398 e. The molecule has 1 amide bonds. The standard InChI is InChI=1S/C13H21N3O4S/c1-9-11(14)5-4-6-12(9)21(18,19)16-10(2)13(17)15-7-8-20-3/h4-6,10,16H,7-8,14H2,1-3H3,(H,15,17). The number of amides is 1. The van der Waals surface area contributed by atoms with Crippen LogP contribution in [0.3, 0.4) is 0 Å². The Morgan fingerprint density at radius 2 is 2.10 bits per heavy atom. The van der Waals surface area contributed by atoms with Gasteiger partial charge in [0.2, 0.25) is 15.9 Å². The Morgan fingerprint density at radius 1 is 1.43 bits per heavy atom. The number of hydrogen-bond donors (Lipinski definition) is 3. The van der Waals surface area contributed by atoms with Crippen LogP contribution in [0.4, 0.5) is 5.69 Å². The average molecular weight is 315 g/mol. The quantitative estimate of drug-likeness (QED) is 0.485. The molecule has 1 unspecified atom stereocenters. The summed E-state index contributed by atoms with van der Waals surface area (Å²) >= 11 is 0. The molecule has 1 aromatic rings. The van der Waals surface area contributed by atoms with Gasteiger partial charge in [0.05, 0.1) is 17.5 Å². The van der Waals surface area contributed by atoms with Gasteiger partial charge in [-0.2, -0.15) is 4.72 Å². The second-order valence-corrected chi connectivity index (χ2v) is 6.28. The fourth-order valence-electron chi connectivity index (χ4n) is 1.70. The number of sulfonamides is 1. The van der Waals surface area contributed by atoms with Gasteiger partial charge < -0.3 is 15.8 Å². The first-order valence-corrected chi connectivity index (χ1v) is 7.92. The number of carbonyl (C=O) groups is 1. The first-order valence-electron chi connectivity index (χ1n) is 6.43. The van der Waals surface area contributed by atoms with Crippen molar-refractivity contribution in [2.75, 3.05) is 26.0 Å². The highest BCUT2D eigenvalue weighted by atomic mass is 32.2. The predicted molar refractivity (Wildman–Crippen MR) is 80.3 cm³/mol. The van der Waals surface area contributed by atoms with Crippen LogP contribution in [-0.2, 0) is 19.6 Å². The van der Waals surface area contributed by atoms with Gasteiger partial charge in [0.1, 0.15) is 0 Å². The number of hydrogen-bond acceptors (Lipinski definition) is 5. The van der Waals surface area contributed by atoms with Crippen LogP contribution in [0, 0.1) is 6.92 Å². The molecule has 118 valence electrons. The fraction of sp³-hybridized carbons (Fsp3) is 0.462. The molecular formula is C13H21N3O4S. The Kier molecular flexibility index (Phi) is 6.13. The van der Waals surface area contributed by atoms with Crippen molar-refractivity contribution in [3.05, 3.63) is 23.8 Å². The summed E-state index contributed by atoms with van der Waals surface area (Å²) < 4.78 is 31.7. The summed E-state index contributed by atoms with van der Waals surface area (Å²) in [4.78, 5) is 11.8. The van der Waals surface area contributed by atoms with Crippen molar-refractivity contribution >= 4 is 21.6 Å². The molecule has 0 spiro atoms. The van der Waals surface area contributed by atoms with Crippen molar-refractivity contribution in [3.63, 3.8) is 0 Å². The molecule has 0 aliphatic rings. The number of nitrogens with two attached hydrogens (primary N) is 1. The maximum Gasteiger partial charge on any atom is 0.241 e. The number of rotatable bonds is 7. The van der Waals surface area contributed by atoms with Crippen LogP contribution in [0.15, 0.2) is 23.1 Å². The van der Waals surface area contributed by atoms with Gasteiger partial charge in [-0.25, -0.2) is 8.42 Å². The van der Waals surface area contributed by atoms with Gasteiger partial charge in [-0.05, 0) is 31.5 Å². The lowest BCUT2D eigenvalue weighted by molar-refractivity contribution is -0.122. The van der Waals surface area contributed by atoms with Crippen LogP contribution in [-0.4, -0.2) is 40.6 Å². The SMILES string of the molecule is COCCNC(=O)C(C)NS(=O)(=O)c1cccc(N)c1C. The molecule has 21 heavy (non-hydrogen) atoms. The highest BCUT2D eigenvalue weighted by Gasteiger charge is 2.23. The van der Waals surface area contributed by atoms with Crippen molar-refractivity contribution in [1.82, 2.24) is 10.0 Å². The van der Waals surface area contributed by atoms with Crippen LogP contribution in [0.2, 0.25) is 0 Å². The van der Waals surface area contributed by atoms with Crippen molar-refractivity contribution in [3.8, 4) is 0 Å². The number of benzene rings is 1. The first kappa shape index (κ1) is 17.4. The van der Waals surface area contributed by atoms with Gasteiger partial charge in [-0.15, -0.1) is 0 Å².